The Morgan fingerprint density at radius 3 is 2.67 bits per heavy atom. The molecular formula is C12H17FN2. The maximum Gasteiger partial charge on any atom is 0.123 e. The number of nitrogens with one attached hydrogen (secondary N) is 1. The molecule has 0 aromatic heterocycles. The van der Waals surface area contributed by atoms with E-state index < -0.39 is 0 Å². The van der Waals surface area contributed by atoms with E-state index in [4.69, 9.17) is 0 Å². The SMILES string of the molecule is CC1C(c2ccc(F)cc2)NCCN1C. The van der Waals surface area contributed by atoms with Gasteiger partial charge in [0, 0.05) is 25.2 Å². The van der Waals surface area contributed by atoms with Crippen LogP contribution in [0.1, 0.15) is 18.5 Å². The van der Waals surface area contributed by atoms with Crippen molar-refractivity contribution in [1.29, 1.82) is 0 Å². The Hall–Kier alpha value is -0.930. The van der Waals surface area contributed by atoms with E-state index in [1.165, 1.54) is 12.1 Å². The summed E-state index contributed by atoms with van der Waals surface area (Å²) in [5.74, 6) is -0.171. The van der Waals surface area contributed by atoms with Gasteiger partial charge in [0.25, 0.3) is 0 Å². The molecule has 15 heavy (non-hydrogen) atoms. The van der Waals surface area contributed by atoms with Crippen LogP contribution in [0.5, 0.6) is 0 Å². The highest BCUT2D eigenvalue weighted by molar-refractivity contribution is 5.22. The van der Waals surface area contributed by atoms with Crippen molar-refractivity contribution < 1.29 is 4.39 Å². The summed E-state index contributed by atoms with van der Waals surface area (Å²) in [4.78, 5) is 2.32. The van der Waals surface area contributed by atoms with Gasteiger partial charge in [-0.1, -0.05) is 12.1 Å². The summed E-state index contributed by atoms with van der Waals surface area (Å²) in [7, 11) is 2.13. The van der Waals surface area contributed by atoms with Crippen LogP contribution < -0.4 is 5.32 Å². The highest BCUT2D eigenvalue weighted by Gasteiger charge is 2.25. The van der Waals surface area contributed by atoms with Crippen molar-refractivity contribution >= 4 is 0 Å². The summed E-state index contributed by atoms with van der Waals surface area (Å²) in [5, 5.41) is 3.47. The van der Waals surface area contributed by atoms with Crippen LogP contribution in [0.4, 0.5) is 4.39 Å². The maximum atomic E-state index is 12.8. The summed E-state index contributed by atoms with van der Waals surface area (Å²) >= 11 is 0. The molecular weight excluding hydrogens is 191 g/mol. The van der Waals surface area contributed by atoms with E-state index in [2.05, 4.69) is 24.2 Å². The van der Waals surface area contributed by atoms with Crippen molar-refractivity contribution in [3.8, 4) is 0 Å². The van der Waals surface area contributed by atoms with Crippen LogP contribution in [0, 0.1) is 5.82 Å². The highest BCUT2D eigenvalue weighted by atomic mass is 19.1. The molecule has 0 amide bonds. The van der Waals surface area contributed by atoms with E-state index in [0.717, 1.165) is 18.7 Å². The molecule has 1 aromatic rings. The minimum absolute atomic E-state index is 0.171. The number of piperazine rings is 1. The molecule has 1 N–H and O–H groups in total. The average Bonchev–Trinajstić information content (AvgIpc) is 2.24. The Morgan fingerprint density at radius 2 is 2.00 bits per heavy atom. The van der Waals surface area contributed by atoms with Crippen LogP contribution in [0.25, 0.3) is 0 Å². The second-order valence-electron chi connectivity index (χ2n) is 4.20. The van der Waals surface area contributed by atoms with E-state index in [1.807, 2.05) is 12.1 Å². The third-order valence-corrected chi connectivity index (χ3v) is 3.24. The lowest BCUT2D eigenvalue weighted by Gasteiger charge is -2.38. The average molecular weight is 208 g/mol. The molecule has 0 radical (unpaired) electrons. The van der Waals surface area contributed by atoms with Gasteiger partial charge in [0.15, 0.2) is 0 Å². The van der Waals surface area contributed by atoms with Crippen LogP contribution in [0.2, 0.25) is 0 Å². The van der Waals surface area contributed by atoms with Crippen LogP contribution in [-0.4, -0.2) is 31.1 Å². The molecule has 1 saturated heterocycles. The van der Waals surface area contributed by atoms with E-state index in [1.54, 1.807) is 0 Å². The monoisotopic (exact) mass is 208 g/mol. The number of nitrogens with zero attached hydrogens (tertiary/aromatic N) is 1. The highest BCUT2D eigenvalue weighted by Crippen LogP contribution is 2.22. The number of hydrogen-bond acceptors (Lipinski definition) is 2. The Kier molecular flexibility index (Phi) is 3.03. The largest absolute Gasteiger partial charge is 0.307 e. The molecule has 2 atom stereocenters. The second-order valence-corrected chi connectivity index (χ2v) is 4.20. The summed E-state index contributed by atoms with van der Waals surface area (Å²) in [6, 6.07) is 7.54. The van der Waals surface area contributed by atoms with Gasteiger partial charge in [-0.05, 0) is 31.7 Å². The molecule has 1 aromatic carbocycles. The fourth-order valence-electron chi connectivity index (χ4n) is 2.09. The van der Waals surface area contributed by atoms with Crippen molar-refractivity contribution in [2.75, 3.05) is 20.1 Å². The van der Waals surface area contributed by atoms with Crippen molar-refractivity contribution in [3.63, 3.8) is 0 Å². The summed E-state index contributed by atoms with van der Waals surface area (Å²) < 4.78 is 12.8. The molecule has 0 spiro atoms. The number of hydrogen-bond donors (Lipinski definition) is 1. The minimum Gasteiger partial charge on any atom is -0.307 e. The number of rotatable bonds is 1. The number of likely N-dealkylation sites (N-methyl/N-ethyl adjacent to an activating group) is 1. The number of benzene rings is 1. The molecule has 0 aliphatic carbocycles. The standard InChI is InChI=1S/C12H17FN2/c1-9-12(14-7-8-15(9)2)10-3-5-11(13)6-4-10/h3-6,9,12,14H,7-8H2,1-2H3. The Morgan fingerprint density at radius 1 is 1.33 bits per heavy atom. The maximum absolute atomic E-state index is 12.8. The Labute approximate surface area is 90.1 Å². The van der Waals surface area contributed by atoms with Gasteiger partial charge >= 0.3 is 0 Å². The molecule has 2 rings (SSSR count). The smallest absolute Gasteiger partial charge is 0.123 e. The first-order valence-electron chi connectivity index (χ1n) is 5.37. The van der Waals surface area contributed by atoms with E-state index in [9.17, 15) is 4.39 Å². The van der Waals surface area contributed by atoms with Gasteiger partial charge in [-0.2, -0.15) is 0 Å². The van der Waals surface area contributed by atoms with Gasteiger partial charge in [0.2, 0.25) is 0 Å². The molecule has 2 nitrogen and oxygen atoms in total. The van der Waals surface area contributed by atoms with Crippen molar-refractivity contribution in [2.24, 2.45) is 0 Å². The van der Waals surface area contributed by atoms with Crippen molar-refractivity contribution in [2.45, 2.75) is 19.0 Å². The van der Waals surface area contributed by atoms with Crippen molar-refractivity contribution in [3.05, 3.63) is 35.6 Å². The number of halogens is 1. The van der Waals surface area contributed by atoms with Crippen molar-refractivity contribution in [1.82, 2.24) is 10.2 Å². The lowest BCUT2D eigenvalue weighted by atomic mass is 9.97. The lowest BCUT2D eigenvalue weighted by molar-refractivity contribution is 0.164. The van der Waals surface area contributed by atoms with E-state index in [-0.39, 0.29) is 5.82 Å². The van der Waals surface area contributed by atoms with Gasteiger partial charge in [-0.15, -0.1) is 0 Å². The molecule has 2 unspecified atom stereocenters. The fourth-order valence-corrected chi connectivity index (χ4v) is 2.09. The van der Waals surface area contributed by atoms with Gasteiger partial charge < -0.3 is 10.2 Å². The van der Waals surface area contributed by atoms with E-state index in [0.29, 0.717) is 12.1 Å². The third kappa shape index (κ3) is 2.19. The molecule has 1 heterocycles. The van der Waals surface area contributed by atoms with Gasteiger partial charge in [-0.3, -0.25) is 0 Å². The van der Waals surface area contributed by atoms with Gasteiger partial charge in [0.05, 0.1) is 0 Å². The van der Waals surface area contributed by atoms with Gasteiger partial charge in [0.1, 0.15) is 5.82 Å². The zero-order valence-electron chi connectivity index (χ0n) is 9.20. The quantitative estimate of drug-likeness (QED) is 0.757. The molecule has 1 aliphatic heterocycles. The molecule has 1 fully saturated rings. The first-order valence-corrected chi connectivity index (χ1v) is 5.37. The minimum atomic E-state index is -0.171. The Balaban J connectivity index is 2.18. The summed E-state index contributed by atoms with van der Waals surface area (Å²) in [5.41, 5.74) is 1.16. The summed E-state index contributed by atoms with van der Waals surface area (Å²) in [6.07, 6.45) is 0. The van der Waals surface area contributed by atoms with E-state index >= 15 is 0 Å². The summed E-state index contributed by atoms with van der Waals surface area (Å²) in [6.45, 7) is 4.25. The lowest BCUT2D eigenvalue weighted by Crippen LogP contribution is -2.49. The Bertz CT molecular complexity index is 323. The molecule has 3 heteroatoms. The fraction of sp³-hybridized carbons (Fsp3) is 0.500. The normalized spacial score (nSPS) is 27.9. The molecule has 0 saturated carbocycles. The van der Waals surface area contributed by atoms with Crippen LogP contribution in [0.15, 0.2) is 24.3 Å². The predicted octanol–water partition coefficient (Wildman–Crippen LogP) is 1.79. The molecule has 1 aliphatic rings. The van der Waals surface area contributed by atoms with Crippen LogP contribution in [0.3, 0.4) is 0 Å². The first-order chi connectivity index (χ1) is 7.18. The zero-order chi connectivity index (χ0) is 10.8. The third-order valence-electron chi connectivity index (χ3n) is 3.24. The zero-order valence-corrected chi connectivity index (χ0v) is 9.20. The predicted molar refractivity (Wildman–Crippen MR) is 59.2 cm³/mol. The second kappa shape index (κ2) is 4.29. The van der Waals surface area contributed by atoms with Crippen LogP contribution >= 0.6 is 0 Å². The first kappa shape index (κ1) is 10.6. The van der Waals surface area contributed by atoms with Gasteiger partial charge in [-0.25, -0.2) is 4.39 Å². The topological polar surface area (TPSA) is 15.3 Å². The molecule has 0 bridgehead atoms. The molecule has 82 valence electrons. The van der Waals surface area contributed by atoms with Crippen LogP contribution in [-0.2, 0) is 0 Å².